The van der Waals surface area contributed by atoms with E-state index in [2.05, 4.69) is 0 Å². The summed E-state index contributed by atoms with van der Waals surface area (Å²) in [7, 11) is 0. The molecule has 0 aliphatic carbocycles. The highest BCUT2D eigenvalue weighted by Gasteiger charge is 2.30. The van der Waals surface area contributed by atoms with E-state index in [1.54, 1.807) is 18.2 Å². The zero-order valence-electron chi connectivity index (χ0n) is 20.1. The number of para-hydroxylation sites is 3. The smallest absolute Gasteiger partial charge is 0.185 e. The molecule has 0 N–H and O–H groups in total. The van der Waals surface area contributed by atoms with Crippen LogP contribution in [0.25, 0.3) is 55.0 Å². The normalized spacial score (nSPS) is 11.4. The van der Waals surface area contributed by atoms with Gasteiger partial charge in [-0.05, 0) is 24.3 Å². The van der Waals surface area contributed by atoms with Crippen LogP contribution in [0.1, 0.15) is 11.1 Å². The number of rotatable bonds is 2. The average Bonchev–Trinajstić information content (AvgIpc) is 3.49. The van der Waals surface area contributed by atoms with Crippen molar-refractivity contribution < 1.29 is 13.2 Å². The molecule has 0 atom stereocenters. The van der Waals surface area contributed by atoms with Crippen LogP contribution >= 0.6 is 0 Å². The number of benzene rings is 5. The topological polar surface area (TPSA) is 57.4 Å². The Hall–Kier alpha value is -5.53. The molecule has 0 radical (unpaired) electrons. The van der Waals surface area contributed by atoms with Crippen molar-refractivity contribution in [2.24, 2.45) is 0 Å². The first-order valence-corrected chi connectivity index (χ1v) is 12.1. The second-order valence-corrected chi connectivity index (χ2v) is 9.16. The number of hydrogen-bond acceptors (Lipinski definition) is 2. The number of halogens is 3. The van der Waals surface area contributed by atoms with Gasteiger partial charge in [-0.2, -0.15) is 10.5 Å². The van der Waals surface area contributed by atoms with Gasteiger partial charge in [-0.15, -0.1) is 0 Å². The quantitative estimate of drug-likeness (QED) is 0.220. The predicted octanol–water partition coefficient (Wildman–Crippen LogP) is 8.04. The van der Waals surface area contributed by atoms with E-state index in [1.807, 2.05) is 83.4 Å². The molecule has 0 aliphatic heterocycles. The van der Waals surface area contributed by atoms with Crippen molar-refractivity contribution in [2.75, 3.05) is 0 Å². The van der Waals surface area contributed by atoms with E-state index in [4.69, 9.17) is 0 Å². The van der Waals surface area contributed by atoms with Crippen molar-refractivity contribution in [3.8, 4) is 23.5 Å². The van der Waals surface area contributed by atoms with Gasteiger partial charge in [0, 0.05) is 27.2 Å². The number of nitriles is 2. The van der Waals surface area contributed by atoms with Crippen LogP contribution < -0.4 is 0 Å². The number of fused-ring (bicyclic) bond motifs is 7. The molecule has 7 rings (SSSR count). The van der Waals surface area contributed by atoms with Crippen molar-refractivity contribution in [1.29, 1.82) is 10.5 Å². The fraction of sp³-hybridized carbons (Fsp3) is 0. The lowest BCUT2D eigenvalue weighted by molar-refractivity contribution is 0.487. The van der Waals surface area contributed by atoms with Gasteiger partial charge in [0.25, 0.3) is 0 Å². The van der Waals surface area contributed by atoms with Crippen LogP contribution in [0.4, 0.5) is 13.2 Å². The summed E-state index contributed by atoms with van der Waals surface area (Å²) in [6.07, 6.45) is 0. The van der Waals surface area contributed by atoms with Gasteiger partial charge in [-0.1, -0.05) is 66.7 Å². The maximum absolute atomic E-state index is 15.9. The highest BCUT2D eigenvalue weighted by atomic mass is 19.2. The third kappa shape index (κ3) is 2.93. The standard InChI is InChI=1S/C32H15F3N4/c33-27-23(16-36)28(34)29(35)30(24(27)17-37)39-26-13-7-5-11-20(26)22-15-14-21-19-10-4-6-12-25(19)38(31(21)32(22)39)18-8-2-1-3-9-18/h1-15H. The van der Waals surface area contributed by atoms with E-state index in [9.17, 15) is 10.5 Å². The summed E-state index contributed by atoms with van der Waals surface area (Å²) in [4.78, 5) is 0. The summed E-state index contributed by atoms with van der Waals surface area (Å²) in [6, 6.07) is 31.5. The number of hydrogen-bond donors (Lipinski definition) is 0. The first-order valence-electron chi connectivity index (χ1n) is 12.1. The van der Waals surface area contributed by atoms with Crippen LogP contribution in [0.3, 0.4) is 0 Å². The van der Waals surface area contributed by atoms with Crippen LogP contribution in [0.15, 0.2) is 91.0 Å². The molecule has 2 aromatic heterocycles. The maximum atomic E-state index is 15.9. The zero-order valence-corrected chi connectivity index (χ0v) is 20.1. The average molecular weight is 512 g/mol. The first kappa shape index (κ1) is 22.7. The van der Waals surface area contributed by atoms with Gasteiger partial charge < -0.3 is 9.13 Å². The van der Waals surface area contributed by atoms with Crippen molar-refractivity contribution in [3.05, 3.63) is 120 Å². The summed E-state index contributed by atoms with van der Waals surface area (Å²) in [5.74, 6) is -4.49. The zero-order chi connectivity index (χ0) is 26.8. The van der Waals surface area contributed by atoms with E-state index in [0.717, 1.165) is 22.0 Å². The third-order valence-corrected chi connectivity index (χ3v) is 7.23. The Morgan fingerprint density at radius 2 is 1.00 bits per heavy atom. The lowest BCUT2D eigenvalue weighted by atomic mass is 10.1. The Bertz CT molecular complexity index is 2230. The van der Waals surface area contributed by atoms with Gasteiger partial charge in [0.05, 0.1) is 22.1 Å². The van der Waals surface area contributed by atoms with Gasteiger partial charge in [0.1, 0.15) is 29.0 Å². The molecule has 4 nitrogen and oxygen atoms in total. The Morgan fingerprint density at radius 1 is 0.487 bits per heavy atom. The largest absolute Gasteiger partial charge is 0.307 e. The molecule has 0 aliphatic rings. The van der Waals surface area contributed by atoms with Crippen LogP contribution in [0, 0.1) is 40.1 Å². The van der Waals surface area contributed by atoms with E-state index in [1.165, 1.54) is 10.6 Å². The molecule has 39 heavy (non-hydrogen) atoms. The van der Waals surface area contributed by atoms with Crippen LogP contribution in [0.5, 0.6) is 0 Å². The summed E-state index contributed by atoms with van der Waals surface area (Å²) in [5, 5.41) is 22.4. The molecule has 0 fully saturated rings. The fourth-order valence-corrected chi connectivity index (χ4v) is 5.64. The van der Waals surface area contributed by atoms with E-state index in [0.29, 0.717) is 27.3 Å². The summed E-state index contributed by atoms with van der Waals surface area (Å²) >= 11 is 0. The molecular formula is C32H15F3N4. The summed E-state index contributed by atoms with van der Waals surface area (Å²) in [5.41, 5.74) is 0.910. The first-order chi connectivity index (χ1) is 19.1. The Balaban J connectivity index is 1.82. The highest BCUT2D eigenvalue weighted by molar-refractivity contribution is 6.23. The molecule has 7 aromatic rings. The van der Waals surface area contributed by atoms with Crippen molar-refractivity contribution in [3.63, 3.8) is 0 Å². The van der Waals surface area contributed by atoms with E-state index in [-0.39, 0.29) is 0 Å². The predicted molar refractivity (Wildman–Crippen MR) is 144 cm³/mol. The van der Waals surface area contributed by atoms with Crippen molar-refractivity contribution >= 4 is 43.6 Å². The third-order valence-electron chi connectivity index (χ3n) is 7.23. The molecule has 0 saturated carbocycles. The molecular weight excluding hydrogens is 497 g/mol. The molecule has 2 heterocycles. The van der Waals surface area contributed by atoms with Gasteiger partial charge >= 0.3 is 0 Å². The second-order valence-electron chi connectivity index (χ2n) is 9.16. The van der Waals surface area contributed by atoms with Crippen LogP contribution in [-0.4, -0.2) is 9.13 Å². The van der Waals surface area contributed by atoms with Crippen LogP contribution in [0.2, 0.25) is 0 Å². The Labute approximate surface area is 219 Å². The minimum atomic E-state index is -1.63. The maximum Gasteiger partial charge on any atom is 0.185 e. The van der Waals surface area contributed by atoms with Crippen molar-refractivity contribution in [1.82, 2.24) is 9.13 Å². The Morgan fingerprint density at radius 3 is 1.59 bits per heavy atom. The van der Waals surface area contributed by atoms with E-state index >= 15 is 13.2 Å². The number of nitrogens with zero attached hydrogens (tertiary/aromatic N) is 4. The fourth-order valence-electron chi connectivity index (χ4n) is 5.64. The monoisotopic (exact) mass is 512 g/mol. The SMILES string of the molecule is N#Cc1c(F)c(F)c(-n2c3ccccc3c3ccc4c5ccccc5n(-c5ccccc5)c4c32)c(C#N)c1F. The summed E-state index contributed by atoms with van der Waals surface area (Å²) < 4.78 is 49.7. The highest BCUT2D eigenvalue weighted by Crippen LogP contribution is 2.43. The second kappa shape index (κ2) is 8.24. The minimum Gasteiger partial charge on any atom is -0.307 e. The summed E-state index contributed by atoms with van der Waals surface area (Å²) in [6.45, 7) is 0. The lowest BCUT2D eigenvalue weighted by Crippen LogP contribution is -2.09. The molecule has 5 aromatic carbocycles. The van der Waals surface area contributed by atoms with Gasteiger partial charge in [-0.3, -0.25) is 0 Å². The molecule has 0 spiro atoms. The molecule has 7 heteroatoms. The van der Waals surface area contributed by atoms with Gasteiger partial charge in [0.2, 0.25) is 0 Å². The molecule has 0 saturated heterocycles. The van der Waals surface area contributed by atoms with Crippen LogP contribution in [-0.2, 0) is 0 Å². The molecule has 0 unspecified atom stereocenters. The molecule has 0 bridgehead atoms. The van der Waals surface area contributed by atoms with Crippen molar-refractivity contribution in [2.45, 2.75) is 0 Å². The molecule has 184 valence electrons. The minimum absolute atomic E-state index is 0.462. The Kier molecular flexibility index (Phi) is 4.79. The van der Waals surface area contributed by atoms with Gasteiger partial charge in [0.15, 0.2) is 17.5 Å². The number of aromatic nitrogens is 2. The van der Waals surface area contributed by atoms with Gasteiger partial charge in [-0.25, -0.2) is 13.2 Å². The molecule has 0 amide bonds. The lowest BCUT2D eigenvalue weighted by Gasteiger charge is -2.15. The van der Waals surface area contributed by atoms with E-state index < -0.39 is 34.3 Å².